The van der Waals surface area contributed by atoms with Crippen LogP contribution < -0.4 is 5.32 Å². The van der Waals surface area contributed by atoms with Crippen LogP contribution in [0.3, 0.4) is 0 Å². The minimum Gasteiger partial charge on any atom is -0.376 e. The zero-order valence-corrected chi connectivity index (χ0v) is 10.9. The van der Waals surface area contributed by atoms with Gasteiger partial charge in [0.05, 0.1) is 32.5 Å². The molecule has 112 valence electrons. The third kappa shape index (κ3) is 5.64. The van der Waals surface area contributed by atoms with Gasteiger partial charge in [-0.1, -0.05) is 0 Å². The molecule has 2 rings (SSSR count). The molecule has 2 aliphatic heterocycles. The molecule has 2 aliphatic rings. The van der Waals surface area contributed by atoms with Crippen molar-refractivity contribution in [3.8, 4) is 0 Å². The van der Waals surface area contributed by atoms with Gasteiger partial charge in [0.2, 0.25) is 0 Å². The van der Waals surface area contributed by atoms with Crippen LogP contribution in [0.25, 0.3) is 0 Å². The van der Waals surface area contributed by atoms with Gasteiger partial charge in [0.1, 0.15) is 0 Å². The normalized spacial score (nSPS) is 27.6. The number of nitrogens with zero attached hydrogens (tertiary/aromatic N) is 1. The van der Waals surface area contributed by atoms with E-state index in [0.717, 1.165) is 12.8 Å². The largest absolute Gasteiger partial charge is 0.401 e. The zero-order chi connectivity index (χ0) is 13.7. The van der Waals surface area contributed by atoms with Gasteiger partial charge in [0, 0.05) is 12.6 Å². The van der Waals surface area contributed by atoms with E-state index in [2.05, 4.69) is 5.32 Å². The summed E-state index contributed by atoms with van der Waals surface area (Å²) in [5, 5.41) is 3.36. The van der Waals surface area contributed by atoms with E-state index < -0.39 is 12.7 Å². The Kier molecular flexibility index (Phi) is 5.44. The Morgan fingerprint density at radius 3 is 2.47 bits per heavy atom. The number of likely N-dealkylation sites (tertiary alicyclic amines) is 1. The molecule has 2 heterocycles. The lowest BCUT2D eigenvalue weighted by atomic mass is 10.0. The van der Waals surface area contributed by atoms with Crippen molar-refractivity contribution in [2.75, 3.05) is 46.0 Å². The summed E-state index contributed by atoms with van der Waals surface area (Å²) in [7, 11) is 0. The lowest BCUT2D eigenvalue weighted by Crippen LogP contribution is -2.48. The first-order chi connectivity index (χ1) is 9.03. The molecule has 0 aromatic carbocycles. The first kappa shape index (κ1) is 15.0. The van der Waals surface area contributed by atoms with E-state index in [1.165, 1.54) is 4.90 Å². The smallest absolute Gasteiger partial charge is 0.376 e. The van der Waals surface area contributed by atoms with E-state index in [1.807, 2.05) is 0 Å². The summed E-state index contributed by atoms with van der Waals surface area (Å²) in [5.41, 5.74) is 0. The molecule has 4 nitrogen and oxygen atoms in total. The van der Waals surface area contributed by atoms with Crippen molar-refractivity contribution < 1.29 is 22.6 Å². The molecule has 0 amide bonds. The van der Waals surface area contributed by atoms with E-state index in [-0.39, 0.29) is 12.1 Å². The minimum absolute atomic E-state index is 0.0713. The van der Waals surface area contributed by atoms with Crippen molar-refractivity contribution in [1.29, 1.82) is 0 Å². The summed E-state index contributed by atoms with van der Waals surface area (Å²) in [5.74, 6) is 0. The quantitative estimate of drug-likeness (QED) is 0.835. The van der Waals surface area contributed by atoms with Crippen LogP contribution in [0.4, 0.5) is 13.2 Å². The number of ether oxygens (including phenoxy) is 2. The van der Waals surface area contributed by atoms with Crippen LogP contribution in [0.15, 0.2) is 0 Å². The minimum atomic E-state index is -4.09. The van der Waals surface area contributed by atoms with Gasteiger partial charge in [0.25, 0.3) is 0 Å². The number of piperidine rings is 1. The van der Waals surface area contributed by atoms with Crippen molar-refractivity contribution in [2.24, 2.45) is 0 Å². The number of hydrogen-bond donors (Lipinski definition) is 1. The van der Waals surface area contributed by atoms with Gasteiger partial charge in [-0.15, -0.1) is 0 Å². The first-order valence-electron chi connectivity index (χ1n) is 6.75. The zero-order valence-electron chi connectivity index (χ0n) is 10.9. The van der Waals surface area contributed by atoms with Crippen molar-refractivity contribution in [3.63, 3.8) is 0 Å². The monoisotopic (exact) mass is 282 g/mol. The molecule has 0 aliphatic carbocycles. The topological polar surface area (TPSA) is 33.7 Å². The molecule has 0 spiro atoms. The molecule has 7 heteroatoms. The highest BCUT2D eigenvalue weighted by atomic mass is 19.4. The highest BCUT2D eigenvalue weighted by Gasteiger charge is 2.32. The third-order valence-corrected chi connectivity index (χ3v) is 3.51. The molecule has 2 saturated heterocycles. The van der Waals surface area contributed by atoms with Crippen molar-refractivity contribution in [1.82, 2.24) is 10.2 Å². The Labute approximate surface area is 111 Å². The summed E-state index contributed by atoms with van der Waals surface area (Å²) in [6, 6.07) is 0.287. The van der Waals surface area contributed by atoms with Gasteiger partial charge >= 0.3 is 6.18 Å². The van der Waals surface area contributed by atoms with E-state index in [4.69, 9.17) is 9.47 Å². The Bertz CT molecular complexity index is 262. The maximum absolute atomic E-state index is 12.2. The van der Waals surface area contributed by atoms with Gasteiger partial charge in [-0.3, -0.25) is 4.90 Å². The fourth-order valence-electron chi connectivity index (χ4n) is 2.50. The molecule has 1 atom stereocenters. The van der Waals surface area contributed by atoms with Crippen LogP contribution in [0.1, 0.15) is 12.8 Å². The molecule has 0 radical (unpaired) electrons. The lowest BCUT2D eigenvalue weighted by molar-refractivity contribution is -0.148. The van der Waals surface area contributed by atoms with E-state index >= 15 is 0 Å². The maximum Gasteiger partial charge on any atom is 0.401 e. The fraction of sp³-hybridized carbons (Fsp3) is 1.00. The summed E-state index contributed by atoms with van der Waals surface area (Å²) in [6.45, 7) is 2.78. The van der Waals surface area contributed by atoms with Gasteiger partial charge in [-0.25, -0.2) is 0 Å². The predicted octanol–water partition coefficient (Wildman–Crippen LogP) is 1.02. The van der Waals surface area contributed by atoms with Crippen molar-refractivity contribution in [3.05, 3.63) is 0 Å². The van der Waals surface area contributed by atoms with Crippen LogP contribution in [0.5, 0.6) is 0 Å². The highest BCUT2D eigenvalue weighted by Crippen LogP contribution is 2.19. The van der Waals surface area contributed by atoms with Gasteiger partial charge < -0.3 is 14.8 Å². The van der Waals surface area contributed by atoms with Crippen LogP contribution in [0.2, 0.25) is 0 Å². The molecule has 0 bridgehead atoms. The first-order valence-corrected chi connectivity index (χ1v) is 6.75. The highest BCUT2D eigenvalue weighted by molar-refractivity contribution is 4.79. The summed E-state index contributed by atoms with van der Waals surface area (Å²) in [6.07, 6.45) is -2.51. The third-order valence-electron chi connectivity index (χ3n) is 3.51. The average Bonchev–Trinajstić information content (AvgIpc) is 2.37. The summed E-state index contributed by atoms with van der Waals surface area (Å²) >= 11 is 0. The van der Waals surface area contributed by atoms with E-state index in [9.17, 15) is 13.2 Å². The molecular formula is C12H21F3N2O2. The number of nitrogens with one attached hydrogen (secondary N) is 1. The Morgan fingerprint density at radius 1 is 1.16 bits per heavy atom. The van der Waals surface area contributed by atoms with Gasteiger partial charge in [-0.05, 0) is 25.9 Å². The number of alkyl halides is 3. The van der Waals surface area contributed by atoms with Crippen molar-refractivity contribution >= 4 is 0 Å². The second-order valence-electron chi connectivity index (χ2n) is 5.14. The molecular weight excluding hydrogens is 261 g/mol. The van der Waals surface area contributed by atoms with E-state index in [0.29, 0.717) is 39.5 Å². The fourth-order valence-corrected chi connectivity index (χ4v) is 2.50. The molecule has 0 saturated carbocycles. The van der Waals surface area contributed by atoms with Crippen LogP contribution in [0, 0.1) is 0 Å². The predicted molar refractivity (Wildman–Crippen MR) is 64.1 cm³/mol. The second kappa shape index (κ2) is 6.88. The molecule has 1 N–H and O–H groups in total. The van der Waals surface area contributed by atoms with Crippen molar-refractivity contribution in [2.45, 2.75) is 31.2 Å². The number of rotatable bonds is 4. The van der Waals surface area contributed by atoms with Crippen LogP contribution in [-0.2, 0) is 9.47 Å². The standard InChI is InChI=1S/C12H21F3N2O2/c13-12(14,15)9-17-3-1-10(2-4-17)16-7-11-8-18-5-6-19-11/h10-11,16H,1-9H2. The Balaban J connectivity index is 1.60. The molecule has 19 heavy (non-hydrogen) atoms. The number of halogens is 3. The molecule has 2 fully saturated rings. The van der Waals surface area contributed by atoms with Gasteiger partial charge in [-0.2, -0.15) is 13.2 Å². The Morgan fingerprint density at radius 2 is 1.89 bits per heavy atom. The summed E-state index contributed by atoms with van der Waals surface area (Å²) < 4.78 is 47.5. The lowest BCUT2D eigenvalue weighted by Gasteiger charge is -2.34. The molecule has 0 aromatic rings. The summed E-state index contributed by atoms with van der Waals surface area (Å²) in [4.78, 5) is 1.47. The SMILES string of the molecule is FC(F)(F)CN1CCC(NCC2COCCO2)CC1. The second-order valence-corrected chi connectivity index (χ2v) is 5.14. The molecule has 0 aromatic heterocycles. The van der Waals surface area contributed by atoms with Crippen LogP contribution in [-0.4, -0.2) is 69.2 Å². The molecule has 1 unspecified atom stereocenters. The van der Waals surface area contributed by atoms with E-state index in [1.54, 1.807) is 0 Å². The van der Waals surface area contributed by atoms with Gasteiger partial charge in [0.15, 0.2) is 0 Å². The average molecular weight is 282 g/mol. The number of hydrogen-bond acceptors (Lipinski definition) is 4. The maximum atomic E-state index is 12.2. The Hall–Kier alpha value is -0.370. The van der Waals surface area contributed by atoms with Crippen LogP contribution >= 0.6 is 0 Å².